The number of hydrogen-bond acceptors (Lipinski definition) is 5. The summed E-state index contributed by atoms with van der Waals surface area (Å²) >= 11 is 0. The number of aromatic nitrogens is 3. The molecule has 0 spiro atoms. The van der Waals surface area contributed by atoms with Crippen molar-refractivity contribution in [2.75, 3.05) is 25.0 Å². The highest BCUT2D eigenvalue weighted by Gasteiger charge is 2.33. The fourth-order valence-electron chi connectivity index (χ4n) is 3.85. The highest BCUT2D eigenvalue weighted by molar-refractivity contribution is 5.58. The van der Waals surface area contributed by atoms with Crippen LogP contribution in [0.5, 0.6) is 0 Å². The van der Waals surface area contributed by atoms with E-state index in [0.717, 1.165) is 49.2 Å². The highest BCUT2D eigenvalue weighted by Crippen LogP contribution is 2.31. The quantitative estimate of drug-likeness (QED) is 0.703. The zero-order valence-corrected chi connectivity index (χ0v) is 16.6. The minimum absolute atomic E-state index is 0.235. The lowest BCUT2D eigenvalue weighted by Gasteiger charge is -2.25. The first kappa shape index (κ1) is 18.6. The SMILES string of the molecule is Cc1nc(NCC2(C)CCN(Cc3ccccc3)C2)cc(-c2ccccn2)n1. The zero-order chi connectivity index (χ0) is 19.4. The van der Waals surface area contributed by atoms with Crippen LogP contribution in [-0.4, -0.2) is 39.5 Å². The van der Waals surface area contributed by atoms with Crippen molar-refractivity contribution in [3.63, 3.8) is 0 Å². The Balaban J connectivity index is 1.40. The molecule has 3 heterocycles. The Morgan fingerprint density at radius 2 is 1.86 bits per heavy atom. The summed E-state index contributed by atoms with van der Waals surface area (Å²) in [6.07, 6.45) is 2.98. The molecule has 4 rings (SSSR count). The highest BCUT2D eigenvalue weighted by atomic mass is 15.2. The van der Waals surface area contributed by atoms with Gasteiger partial charge in [0, 0.05) is 31.9 Å². The maximum atomic E-state index is 4.57. The van der Waals surface area contributed by atoms with Crippen molar-refractivity contribution < 1.29 is 0 Å². The third kappa shape index (κ3) is 4.54. The van der Waals surface area contributed by atoms with E-state index in [-0.39, 0.29) is 5.41 Å². The molecule has 0 aliphatic carbocycles. The number of likely N-dealkylation sites (tertiary alicyclic amines) is 1. The van der Waals surface area contributed by atoms with Crippen molar-refractivity contribution >= 4 is 5.82 Å². The van der Waals surface area contributed by atoms with Crippen molar-refractivity contribution in [2.45, 2.75) is 26.8 Å². The molecule has 3 aromatic rings. The van der Waals surface area contributed by atoms with Crippen molar-refractivity contribution in [1.82, 2.24) is 19.9 Å². The zero-order valence-electron chi connectivity index (χ0n) is 16.6. The smallest absolute Gasteiger partial charge is 0.130 e. The molecule has 1 unspecified atom stereocenters. The first-order valence-corrected chi connectivity index (χ1v) is 9.87. The van der Waals surface area contributed by atoms with Crippen molar-refractivity contribution in [2.24, 2.45) is 5.41 Å². The average Bonchev–Trinajstić information content (AvgIpc) is 3.08. The molecule has 0 amide bonds. The van der Waals surface area contributed by atoms with Gasteiger partial charge in [0.2, 0.25) is 0 Å². The summed E-state index contributed by atoms with van der Waals surface area (Å²) in [5.74, 6) is 1.63. The second kappa shape index (κ2) is 8.07. The normalized spacial score (nSPS) is 19.6. The van der Waals surface area contributed by atoms with Crippen LogP contribution < -0.4 is 5.32 Å². The number of nitrogens with one attached hydrogen (secondary N) is 1. The predicted molar refractivity (Wildman–Crippen MR) is 113 cm³/mol. The molecule has 1 aliphatic heterocycles. The molecule has 1 saturated heterocycles. The van der Waals surface area contributed by atoms with Crippen LogP contribution in [0.25, 0.3) is 11.4 Å². The van der Waals surface area contributed by atoms with Gasteiger partial charge in [-0.15, -0.1) is 0 Å². The van der Waals surface area contributed by atoms with Crippen LogP contribution in [0, 0.1) is 12.3 Å². The Morgan fingerprint density at radius 3 is 2.64 bits per heavy atom. The number of rotatable bonds is 6. The molecule has 144 valence electrons. The van der Waals surface area contributed by atoms with Gasteiger partial charge in [0.05, 0.1) is 11.4 Å². The van der Waals surface area contributed by atoms with Gasteiger partial charge in [0.1, 0.15) is 11.6 Å². The fraction of sp³-hybridized carbons (Fsp3) is 0.348. The maximum absolute atomic E-state index is 4.57. The number of aryl methyl sites for hydroxylation is 1. The number of anilines is 1. The summed E-state index contributed by atoms with van der Waals surface area (Å²) < 4.78 is 0. The van der Waals surface area contributed by atoms with Gasteiger partial charge in [-0.25, -0.2) is 9.97 Å². The summed E-state index contributed by atoms with van der Waals surface area (Å²) in [4.78, 5) is 16.1. The Kier molecular flexibility index (Phi) is 5.35. The maximum Gasteiger partial charge on any atom is 0.130 e. The van der Waals surface area contributed by atoms with E-state index in [0.29, 0.717) is 0 Å². The third-order valence-electron chi connectivity index (χ3n) is 5.35. The minimum Gasteiger partial charge on any atom is -0.369 e. The van der Waals surface area contributed by atoms with Gasteiger partial charge in [-0.2, -0.15) is 0 Å². The minimum atomic E-state index is 0.235. The Morgan fingerprint density at radius 1 is 1.04 bits per heavy atom. The summed E-state index contributed by atoms with van der Waals surface area (Å²) in [5, 5.41) is 3.56. The van der Waals surface area contributed by atoms with E-state index in [1.807, 2.05) is 31.2 Å². The molecular weight excluding hydrogens is 346 g/mol. The van der Waals surface area contributed by atoms with Gasteiger partial charge in [0.15, 0.2) is 0 Å². The molecule has 0 bridgehead atoms. The molecule has 28 heavy (non-hydrogen) atoms. The number of hydrogen-bond donors (Lipinski definition) is 1. The Bertz CT molecular complexity index is 913. The molecular formula is C23H27N5. The second-order valence-corrected chi connectivity index (χ2v) is 8.01. The molecule has 1 atom stereocenters. The average molecular weight is 374 g/mol. The van der Waals surface area contributed by atoms with Crippen LogP contribution in [0.2, 0.25) is 0 Å². The Labute approximate surface area is 166 Å². The second-order valence-electron chi connectivity index (χ2n) is 8.01. The van der Waals surface area contributed by atoms with Gasteiger partial charge < -0.3 is 5.32 Å². The molecule has 1 aromatic carbocycles. The third-order valence-corrected chi connectivity index (χ3v) is 5.35. The van der Waals surface area contributed by atoms with Crippen LogP contribution in [0.3, 0.4) is 0 Å². The molecule has 0 radical (unpaired) electrons. The number of pyridine rings is 1. The van der Waals surface area contributed by atoms with Crippen LogP contribution in [0.4, 0.5) is 5.82 Å². The number of nitrogens with zero attached hydrogens (tertiary/aromatic N) is 4. The lowest BCUT2D eigenvalue weighted by Crippen LogP contribution is -2.31. The van der Waals surface area contributed by atoms with Crippen molar-refractivity contribution in [3.05, 3.63) is 72.2 Å². The van der Waals surface area contributed by atoms with E-state index in [9.17, 15) is 0 Å². The molecule has 0 saturated carbocycles. The van der Waals surface area contributed by atoms with E-state index < -0.39 is 0 Å². The van der Waals surface area contributed by atoms with Gasteiger partial charge in [-0.05, 0) is 43.0 Å². The molecule has 5 nitrogen and oxygen atoms in total. The molecule has 1 N–H and O–H groups in total. The van der Waals surface area contributed by atoms with Gasteiger partial charge in [0.25, 0.3) is 0 Å². The molecule has 1 fully saturated rings. The lowest BCUT2D eigenvalue weighted by molar-refractivity contribution is 0.278. The van der Waals surface area contributed by atoms with Crippen molar-refractivity contribution in [3.8, 4) is 11.4 Å². The monoisotopic (exact) mass is 373 g/mol. The molecule has 5 heteroatoms. The van der Waals surface area contributed by atoms with E-state index in [1.165, 1.54) is 12.0 Å². The van der Waals surface area contributed by atoms with E-state index >= 15 is 0 Å². The van der Waals surface area contributed by atoms with Crippen LogP contribution >= 0.6 is 0 Å². The summed E-state index contributed by atoms with van der Waals surface area (Å²) in [6.45, 7) is 8.43. The van der Waals surface area contributed by atoms with Gasteiger partial charge in [-0.1, -0.05) is 43.3 Å². The van der Waals surface area contributed by atoms with E-state index in [4.69, 9.17) is 0 Å². The summed E-state index contributed by atoms with van der Waals surface area (Å²) in [7, 11) is 0. The first-order valence-electron chi connectivity index (χ1n) is 9.87. The number of benzene rings is 1. The predicted octanol–water partition coefficient (Wildman–Crippen LogP) is 4.17. The largest absolute Gasteiger partial charge is 0.369 e. The van der Waals surface area contributed by atoms with Gasteiger partial charge >= 0.3 is 0 Å². The Hall–Kier alpha value is -2.79. The van der Waals surface area contributed by atoms with Crippen molar-refractivity contribution in [1.29, 1.82) is 0 Å². The fourth-order valence-corrected chi connectivity index (χ4v) is 3.85. The lowest BCUT2D eigenvalue weighted by atomic mass is 9.90. The van der Waals surface area contributed by atoms with E-state index in [1.54, 1.807) is 6.20 Å². The van der Waals surface area contributed by atoms with Crippen LogP contribution in [0.1, 0.15) is 24.7 Å². The molecule has 1 aliphatic rings. The van der Waals surface area contributed by atoms with E-state index in [2.05, 4.69) is 62.4 Å². The topological polar surface area (TPSA) is 53.9 Å². The van der Waals surface area contributed by atoms with Gasteiger partial charge in [-0.3, -0.25) is 9.88 Å². The summed E-state index contributed by atoms with van der Waals surface area (Å²) in [5.41, 5.74) is 3.35. The molecule has 2 aromatic heterocycles. The van der Waals surface area contributed by atoms with Crippen LogP contribution in [0.15, 0.2) is 60.8 Å². The summed E-state index contributed by atoms with van der Waals surface area (Å²) in [6, 6.07) is 18.6. The standard InChI is InChI=1S/C23H27N5/c1-18-26-21(20-10-6-7-12-24-20)14-22(27-18)25-16-23(2)11-13-28(17-23)15-19-8-4-3-5-9-19/h3-10,12,14H,11,13,15-17H2,1-2H3,(H,25,26,27). The first-order chi connectivity index (χ1) is 13.6. The van der Waals surface area contributed by atoms with Crippen LogP contribution in [-0.2, 0) is 6.54 Å².